The van der Waals surface area contributed by atoms with Crippen LogP contribution in [0.5, 0.6) is 0 Å². The second-order valence-corrected chi connectivity index (χ2v) is 8.50. The second kappa shape index (κ2) is 7.00. The van der Waals surface area contributed by atoms with E-state index in [0.29, 0.717) is 5.92 Å². The van der Waals surface area contributed by atoms with Crippen molar-refractivity contribution in [3.63, 3.8) is 0 Å². The first kappa shape index (κ1) is 16.9. The van der Waals surface area contributed by atoms with Gasteiger partial charge in [0.25, 0.3) is 5.91 Å². The summed E-state index contributed by atoms with van der Waals surface area (Å²) in [5.74, 6) is 0.500. The molecular weight excluding hydrogens is 332 g/mol. The third kappa shape index (κ3) is 3.17. The Hall–Kier alpha value is -1.53. The zero-order chi connectivity index (χ0) is 17.4. The lowest BCUT2D eigenvalue weighted by atomic mass is 9.88. The molecule has 0 aromatic carbocycles. The molecule has 1 saturated heterocycles. The van der Waals surface area contributed by atoms with Crippen molar-refractivity contribution >= 4 is 27.6 Å². The van der Waals surface area contributed by atoms with Crippen LogP contribution in [0.4, 0.5) is 0 Å². The van der Waals surface area contributed by atoms with Crippen molar-refractivity contribution in [1.29, 1.82) is 0 Å². The van der Waals surface area contributed by atoms with Crippen LogP contribution in [-0.4, -0.2) is 58.9 Å². The lowest BCUT2D eigenvalue weighted by molar-refractivity contribution is 0.0829. The van der Waals surface area contributed by atoms with Gasteiger partial charge >= 0.3 is 0 Å². The van der Waals surface area contributed by atoms with Crippen LogP contribution in [0.15, 0.2) is 12.4 Å². The van der Waals surface area contributed by atoms with Gasteiger partial charge in [-0.15, -0.1) is 11.3 Å². The van der Waals surface area contributed by atoms with Crippen LogP contribution in [0.3, 0.4) is 0 Å². The summed E-state index contributed by atoms with van der Waals surface area (Å²) in [7, 11) is 3.64. The maximum atomic E-state index is 12.7. The predicted octanol–water partition coefficient (Wildman–Crippen LogP) is 3.52. The highest BCUT2D eigenvalue weighted by molar-refractivity contribution is 7.20. The van der Waals surface area contributed by atoms with Gasteiger partial charge in [0.05, 0.1) is 4.88 Å². The maximum absolute atomic E-state index is 12.7. The van der Waals surface area contributed by atoms with Gasteiger partial charge < -0.3 is 9.80 Å². The summed E-state index contributed by atoms with van der Waals surface area (Å²) < 4.78 is 0. The summed E-state index contributed by atoms with van der Waals surface area (Å²) in [5.41, 5.74) is 2.09. The number of aromatic nitrogens is 2. The van der Waals surface area contributed by atoms with Crippen molar-refractivity contribution < 1.29 is 4.79 Å². The number of piperidine rings is 1. The standard InChI is InChI=1S/C19H26N4OS/c1-22(2)19(24)17-15(16-18(25-17)21-10-9-20-16)13-7-11-23(12-8-13)14-5-3-4-6-14/h9-10,13-14H,3-8,11-12H2,1-2H3. The van der Waals surface area contributed by atoms with Crippen molar-refractivity contribution in [2.24, 2.45) is 0 Å². The molecule has 2 aromatic rings. The molecule has 0 atom stereocenters. The molecule has 0 radical (unpaired) electrons. The van der Waals surface area contributed by atoms with Gasteiger partial charge in [-0.1, -0.05) is 12.8 Å². The molecule has 4 rings (SSSR count). The minimum atomic E-state index is 0.0815. The van der Waals surface area contributed by atoms with Crippen LogP contribution >= 0.6 is 11.3 Å². The van der Waals surface area contributed by atoms with Crippen LogP contribution in [0.25, 0.3) is 10.3 Å². The predicted molar refractivity (Wildman–Crippen MR) is 101 cm³/mol. The first-order chi connectivity index (χ1) is 12.1. The number of carbonyl (C=O) groups excluding carboxylic acids is 1. The molecule has 1 aliphatic carbocycles. The third-order valence-electron chi connectivity index (χ3n) is 5.74. The van der Waals surface area contributed by atoms with Crippen LogP contribution < -0.4 is 0 Å². The van der Waals surface area contributed by atoms with E-state index in [0.717, 1.165) is 52.8 Å². The fourth-order valence-corrected chi connectivity index (χ4v) is 5.62. The minimum Gasteiger partial charge on any atom is -0.344 e. The number of likely N-dealkylation sites (tertiary alicyclic amines) is 1. The summed E-state index contributed by atoms with van der Waals surface area (Å²) in [5, 5.41) is 0. The van der Waals surface area contributed by atoms with Crippen molar-refractivity contribution in [3.8, 4) is 0 Å². The molecule has 1 aliphatic heterocycles. The number of nitrogens with zero attached hydrogens (tertiary/aromatic N) is 4. The summed E-state index contributed by atoms with van der Waals surface area (Å²) in [6, 6.07) is 0.794. The van der Waals surface area contributed by atoms with Crippen molar-refractivity contribution in [2.45, 2.75) is 50.5 Å². The smallest absolute Gasteiger partial charge is 0.263 e. The summed E-state index contributed by atoms with van der Waals surface area (Å²) >= 11 is 1.50. The highest BCUT2D eigenvalue weighted by Crippen LogP contribution is 2.40. The zero-order valence-corrected chi connectivity index (χ0v) is 15.9. The molecule has 0 N–H and O–H groups in total. The Kier molecular flexibility index (Phi) is 4.73. The van der Waals surface area contributed by atoms with E-state index in [-0.39, 0.29) is 5.91 Å². The topological polar surface area (TPSA) is 49.3 Å². The third-order valence-corrected chi connectivity index (χ3v) is 6.83. The van der Waals surface area contributed by atoms with Gasteiger partial charge in [0.1, 0.15) is 10.3 Å². The van der Waals surface area contributed by atoms with E-state index in [1.54, 1.807) is 17.3 Å². The molecule has 3 heterocycles. The molecule has 2 aromatic heterocycles. The Balaban J connectivity index is 1.62. The van der Waals surface area contributed by atoms with Gasteiger partial charge in [-0.25, -0.2) is 4.98 Å². The normalized spacial score (nSPS) is 20.4. The van der Waals surface area contributed by atoms with E-state index < -0.39 is 0 Å². The van der Waals surface area contributed by atoms with E-state index in [2.05, 4.69) is 14.9 Å². The molecule has 2 fully saturated rings. The summed E-state index contributed by atoms with van der Waals surface area (Å²) in [6.45, 7) is 2.28. The SMILES string of the molecule is CN(C)C(=O)c1sc2nccnc2c1C1CCN(C2CCCC2)CC1. The Morgan fingerprint density at radius 1 is 1.12 bits per heavy atom. The Morgan fingerprint density at radius 2 is 1.80 bits per heavy atom. The van der Waals surface area contributed by atoms with Gasteiger partial charge in [-0.05, 0) is 44.7 Å². The first-order valence-electron chi connectivity index (χ1n) is 9.34. The van der Waals surface area contributed by atoms with Gasteiger partial charge in [0.2, 0.25) is 0 Å². The molecule has 0 unspecified atom stereocenters. The largest absolute Gasteiger partial charge is 0.344 e. The molecule has 25 heavy (non-hydrogen) atoms. The lowest BCUT2D eigenvalue weighted by Crippen LogP contribution is -2.39. The maximum Gasteiger partial charge on any atom is 0.263 e. The number of hydrogen-bond donors (Lipinski definition) is 0. The number of rotatable bonds is 3. The number of hydrogen-bond acceptors (Lipinski definition) is 5. The van der Waals surface area contributed by atoms with Crippen LogP contribution in [0.1, 0.15) is 59.7 Å². The van der Waals surface area contributed by atoms with Gasteiger partial charge in [-0.3, -0.25) is 9.78 Å². The number of fused-ring (bicyclic) bond motifs is 1. The molecule has 1 saturated carbocycles. The van der Waals surface area contributed by atoms with Crippen molar-refractivity contribution in [3.05, 3.63) is 22.8 Å². The first-order valence-corrected chi connectivity index (χ1v) is 10.2. The molecule has 1 amide bonds. The summed E-state index contributed by atoms with van der Waals surface area (Å²) in [6.07, 6.45) is 11.2. The molecule has 0 spiro atoms. The Bertz CT molecular complexity index is 758. The van der Waals surface area contributed by atoms with E-state index in [1.165, 1.54) is 37.0 Å². The van der Waals surface area contributed by atoms with Gasteiger partial charge in [-0.2, -0.15) is 0 Å². The average molecular weight is 359 g/mol. The fourth-order valence-electron chi connectivity index (χ4n) is 4.41. The second-order valence-electron chi connectivity index (χ2n) is 7.50. The number of amides is 1. The van der Waals surface area contributed by atoms with E-state index in [1.807, 2.05) is 14.1 Å². The van der Waals surface area contributed by atoms with E-state index in [9.17, 15) is 4.79 Å². The van der Waals surface area contributed by atoms with Gasteiger partial charge in [0.15, 0.2) is 0 Å². The van der Waals surface area contributed by atoms with E-state index >= 15 is 0 Å². The molecule has 5 nitrogen and oxygen atoms in total. The Morgan fingerprint density at radius 3 is 2.48 bits per heavy atom. The average Bonchev–Trinajstić information content (AvgIpc) is 3.29. The number of carbonyl (C=O) groups is 1. The quantitative estimate of drug-likeness (QED) is 0.842. The molecular formula is C19H26N4OS. The van der Waals surface area contributed by atoms with Crippen LogP contribution in [0.2, 0.25) is 0 Å². The van der Waals surface area contributed by atoms with Gasteiger partial charge in [0, 0.05) is 38.1 Å². The molecule has 0 bridgehead atoms. The summed E-state index contributed by atoms with van der Waals surface area (Å²) in [4.78, 5) is 27.8. The molecule has 134 valence electrons. The highest BCUT2D eigenvalue weighted by atomic mass is 32.1. The van der Waals surface area contributed by atoms with Crippen molar-refractivity contribution in [1.82, 2.24) is 19.8 Å². The molecule has 6 heteroatoms. The molecule has 2 aliphatic rings. The van der Waals surface area contributed by atoms with Crippen molar-refractivity contribution in [2.75, 3.05) is 27.2 Å². The fraction of sp³-hybridized carbons (Fsp3) is 0.632. The highest BCUT2D eigenvalue weighted by Gasteiger charge is 2.32. The zero-order valence-electron chi connectivity index (χ0n) is 15.1. The Labute approximate surface area is 153 Å². The van der Waals surface area contributed by atoms with Crippen LogP contribution in [-0.2, 0) is 0 Å². The van der Waals surface area contributed by atoms with Crippen LogP contribution in [0, 0.1) is 0 Å². The monoisotopic (exact) mass is 358 g/mol. The number of thiophene rings is 1. The minimum absolute atomic E-state index is 0.0815. The van der Waals surface area contributed by atoms with E-state index in [4.69, 9.17) is 0 Å². The lowest BCUT2D eigenvalue weighted by Gasteiger charge is -2.36.